The molecule has 2 N–H and O–H groups in total. The van der Waals surface area contributed by atoms with Gasteiger partial charge in [-0.25, -0.2) is 4.98 Å². The number of pyridine rings is 1. The molecule has 112 valence electrons. The van der Waals surface area contributed by atoms with E-state index in [0.29, 0.717) is 23.2 Å². The Morgan fingerprint density at radius 2 is 1.95 bits per heavy atom. The van der Waals surface area contributed by atoms with Gasteiger partial charge in [0.1, 0.15) is 5.82 Å². The van der Waals surface area contributed by atoms with E-state index < -0.39 is 0 Å². The number of ketones is 1. The van der Waals surface area contributed by atoms with Crippen molar-refractivity contribution in [3.05, 3.63) is 29.0 Å². The van der Waals surface area contributed by atoms with Crippen molar-refractivity contribution in [2.45, 2.75) is 32.1 Å². The van der Waals surface area contributed by atoms with Gasteiger partial charge in [-0.3, -0.25) is 4.79 Å². The zero-order chi connectivity index (χ0) is 15.3. The van der Waals surface area contributed by atoms with E-state index in [-0.39, 0.29) is 5.78 Å². The summed E-state index contributed by atoms with van der Waals surface area (Å²) in [6.07, 6.45) is 11.0. The first-order chi connectivity index (χ1) is 10.6. The molecule has 1 aromatic rings. The number of aromatic nitrogens is 1. The normalized spacial score (nSPS) is 22.5. The van der Waals surface area contributed by atoms with Gasteiger partial charge in [0.15, 0.2) is 5.78 Å². The third-order valence-corrected chi connectivity index (χ3v) is 5.33. The summed E-state index contributed by atoms with van der Waals surface area (Å²) in [4.78, 5) is 19.1. The van der Waals surface area contributed by atoms with E-state index in [1.165, 1.54) is 25.7 Å². The van der Waals surface area contributed by atoms with Gasteiger partial charge in [-0.2, -0.15) is 0 Å². The fraction of sp³-hybridized carbons (Fsp3) is 0.444. The van der Waals surface area contributed by atoms with Crippen LogP contribution in [0.3, 0.4) is 0 Å². The molecular formula is C18H19N3O. The Morgan fingerprint density at radius 1 is 1.23 bits per heavy atom. The van der Waals surface area contributed by atoms with Crippen LogP contribution in [0, 0.1) is 17.8 Å². The molecule has 0 bridgehead atoms. The second kappa shape index (κ2) is 4.61. The smallest absolute Gasteiger partial charge is 0.177 e. The van der Waals surface area contributed by atoms with Gasteiger partial charge in [0.05, 0.1) is 17.0 Å². The van der Waals surface area contributed by atoms with Crippen LogP contribution in [0.4, 0.5) is 5.82 Å². The number of hydrogen-bond donors (Lipinski definition) is 1. The molecule has 2 aliphatic carbocycles. The van der Waals surface area contributed by atoms with E-state index in [1.54, 1.807) is 6.07 Å². The standard InChI is InChI=1S/C18H19N3O/c1-2-13-14(22)11-12-3-4-15(19)20-16(12)17(13)21-9-7-18(5-6-18)8-10-21/h1,3-4H,5-11H2,(H2,19,20). The minimum Gasteiger partial charge on any atom is -0.384 e. The molecule has 1 spiro atoms. The maximum atomic E-state index is 12.4. The van der Waals surface area contributed by atoms with E-state index in [4.69, 9.17) is 12.2 Å². The van der Waals surface area contributed by atoms with Crippen molar-refractivity contribution in [1.29, 1.82) is 0 Å². The number of anilines is 1. The molecule has 1 aliphatic heterocycles. The molecule has 4 rings (SSSR count). The highest BCUT2D eigenvalue weighted by Gasteiger charge is 2.45. The highest BCUT2D eigenvalue weighted by molar-refractivity contribution is 6.09. The molecule has 22 heavy (non-hydrogen) atoms. The number of hydrogen-bond acceptors (Lipinski definition) is 4. The van der Waals surface area contributed by atoms with Crippen molar-refractivity contribution in [3.8, 4) is 12.3 Å². The lowest BCUT2D eigenvalue weighted by molar-refractivity contribution is -0.114. The maximum absolute atomic E-state index is 12.4. The Labute approximate surface area is 130 Å². The minimum absolute atomic E-state index is 0.0169. The van der Waals surface area contributed by atoms with Gasteiger partial charge in [0.25, 0.3) is 0 Å². The number of piperidine rings is 1. The molecule has 0 radical (unpaired) electrons. The number of nitrogens with two attached hydrogens (primary N) is 1. The minimum atomic E-state index is 0.0169. The first kappa shape index (κ1) is 13.4. The van der Waals surface area contributed by atoms with Crippen LogP contribution in [0.2, 0.25) is 0 Å². The Morgan fingerprint density at radius 3 is 2.59 bits per heavy atom. The number of rotatable bonds is 1. The molecule has 3 aliphatic rings. The number of terminal acetylenes is 1. The van der Waals surface area contributed by atoms with Crippen LogP contribution in [-0.4, -0.2) is 28.8 Å². The number of carbonyl (C=O) groups is 1. The van der Waals surface area contributed by atoms with E-state index in [0.717, 1.165) is 30.0 Å². The van der Waals surface area contributed by atoms with Crippen molar-refractivity contribution in [2.24, 2.45) is 5.41 Å². The van der Waals surface area contributed by atoms with Crippen LogP contribution < -0.4 is 5.73 Å². The molecule has 0 atom stereocenters. The molecule has 2 heterocycles. The first-order valence-electron chi connectivity index (χ1n) is 7.87. The van der Waals surface area contributed by atoms with Gasteiger partial charge < -0.3 is 10.6 Å². The first-order valence-corrected chi connectivity index (χ1v) is 7.87. The second-order valence-electron chi connectivity index (χ2n) is 6.70. The topological polar surface area (TPSA) is 59.2 Å². The summed E-state index contributed by atoms with van der Waals surface area (Å²) in [7, 11) is 0. The fourth-order valence-electron chi connectivity index (χ4n) is 3.70. The predicted molar refractivity (Wildman–Crippen MR) is 85.6 cm³/mol. The van der Waals surface area contributed by atoms with Crippen molar-refractivity contribution in [2.75, 3.05) is 18.8 Å². The quantitative estimate of drug-likeness (QED) is 0.805. The van der Waals surface area contributed by atoms with Crippen molar-refractivity contribution in [1.82, 2.24) is 9.88 Å². The summed E-state index contributed by atoms with van der Waals surface area (Å²) in [5.41, 5.74) is 9.48. The third kappa shape index (κ3) is 2.00. The molecule has 4 heteroatoms. The second-order valence-corrected chi connectivity index (χ2v) is 6.70. The van der Waals surface area contributed by atoms with Crippen LogP contribution in [0.25, 0.3) is 5.70 Å². The molecule has 0 amide bonds. The summed E-state index contributed by atoms with van der Waals surface area (Å²) in [6.45, 7) is 1.90. The predicted octanol–water partition coefficient (Wildman–Crippen LogP) is 2.01. The average Bonchev–Trinajstić information content (AvgIpc) is 3.27. The summed E-state index contributed by atoms with van der Waals surface area (Å²) >= 11 is 0. The van der Waals surface area contributed by atoms with Gasteiger partial charge in [-0.1, -0.05) is 12.0 Å². The lowest BCUT2D eigenvalue weighted by Crippen LogP contribution is -2.36. The Balaban J connectivity index is 1.78. The summed E-state index contributed by atoms with van der Waals surface area (Å²) in [5.74, 6) is 3.09. The van der Waals surface area contributed by atoms with E-state index in [9.17, 15) is 4.79 Å². The highest BCUT2D eigenvalue weighted by atomic mass is 16.1. The third-order valence-electron chi connectivity index (χ3n) is 5.33. The number of allylic oxidation sites excluding steroid dienone is 1. The van der Waals surface area contributed by atoms with E-state index in [2.05, 4.69) is 15.8 Å². The molecule has 0 unspecified atom stereocenters. The fourth-order valence-corrected chi connectivity index (χ4v) is 3.70. The van der Waals surface area contributed by atoms with Crippen molar-refractivity contribution >= 4 is 17.3 Å². The zero-order valence-electron chi connectivity index (χ0n) is 12.6. The molecule has 0 aromatic carbocycles. The molecular weight excluding hydrogens is 274 g/mol. The SMILES string of the molecule is C#CC1=C(N2CCC3(CC2)CC3)c2nc(N)ccc2CC1=O. The van der Waals surface area contributed by atoms with Gasteiger partial charge in [0.2, 0.25) is 0 Å². The largest absolute Gasteiger partial charge is 0.384 e. The van der Waals surface area contributed by atoms with E-state index in [1.807, 2.05) is 6.07 Å². The molecule has 1 saturated carbocycles. The lowest BCUT2D eigenvalue weighted by Gasteiger charge is -2.37. The number of fused-ring (bicyclic) bond motifs is 1. The number of likely N-dealkylation sites (tertiary alicyclic amines) is 1. The lowest BCUT2D eigenvalue weighted by atomic mass is 9.88. The molecule has 1 saturated heterocycles. The van der Waals surface area contributed by atoms with Crippen LogP contribution in [0.15, 0.2) is 17.7 Å². The molecule has 1 aromatic heterocycles. The molecule has 4 nitrogen and oxygen atoms in total. The average molecular weight is 293 g/mol. The number of carbonyl (C=O) groups excluding carboxylic acids is 1. The van der Waals surface area contributed by atoms with Crippen LogP contribution in [-0.2, 0) is 11.2 Å². The maximum Gasteiger partial charge on any atom is 0.177 e. The van der Waals surface area contributed by atoms with Gasteiger partial charge >= 0.3 is 0 Å². The Bertz CT molecular complexity index is 727. The van der Waals surface area contributed by atoms with Crippen molar-refractivity contribution in [3.63, 3.8) is 0 Å². The highest BCUT2D eigenvalue weighted by Crippen LogP contribution is 2.54. The van der Waals surface area contributed by atoms with Gasteiger partial charge in [0, 0.05) is 19.5 Å². The molecule has 2 fully saturated rings. The van der Waals surface area contributed by atoms with Gasteiger partial charge in [-0.05, 0) is 42.7 Å². The van der Waals surface area contributed by atoms with Crippen LogP contribution in [0.5, 0.6) is 0 Å². The zero-order valence-corrected chi connectivity index (χ0v) is 12.6. The van der Waals surface area contributed by atoms with Crippen LogP contribution >= 0.6 is 0 Å². The van der Waals surface area contributed by atoms with Gasteiger partial charge in [-0.15, -0.1) is 6.42 Å². The number of nitrogen functional groups attached to an aromatic ring is 1. The van der Waals surface area contributed by atoms with E-state index >= 15 is 0 Å². The Hall–Kier alpha value is -2.28. The summed E-state index contributed by atoms with van der Waals surface area (Å²) in [6, 6.07) is 3.65. The van der Waals surface area contributed by atoms with Crippen molar-refractivity contribution < 1.29 is 4.79 Å². The summed E-state index contributed by atoms with van der Waals surface area (Å²) < 4.78 is 0. The number of Topliss-reactive ketones (excluding diaryl/α,β-unsaturated/α-hetero) is 1. The number of nitrogens with zero attached hydrogens (tertiary/aromatic N) is 2. The Kier molecular flexibility index (Phi) is 2.80. The monoisotopic (exact) mass is 293 g/mol. The summed E-state index contributed by atoms with van der Waals surface area (Å²) in [5, 5.41) is 0. The van der Waals surface area contributed by atoms with Crippen LogP contribution in [0.1, 0.15) is 36.9 Å².